The summed E-state index contributed by atoms with van der Waals surface area (Å²) < 4.78 is 0.733. The fourth-order valence-electron chi connectivity index (χ4n) is 0.286. The van der Waals surface area contributed by atoms with Crippen LogP contribution in [0.4, 0.5) is 0 Å². The molecule has 48 valence electrons. The van der Waals surface area contributed by atoms with Crippen molar-refractivity contribution in [1.29, 1.82) is 0 Å². The Kier molecular flexibility index (Phi) is 2.55. The van der Waals surface area contributed by atoms with Gasteiger partial charge in [0.2, 0.25) is 0 Å². The second kappa shape index (κ2) is 2.72. The van der Waals surface area contributed by atoms with Crippen LogP contribution >= 0.6 is 0 Å². The van der Waals surface area contributed by atoms with Crippen molar-refractivity contribution < 1.29 is 9.59 Å². The van der Waals surface area contributed by atoms with Gasteiger partial charge in [-0.25, -0.2) is 0 Å². The van der Waals surface area contributed by atoms with E-state index in [0.29, 0.717) is 0 Å². The summed E-state index contributed by atoms with van der Waals surface area (Å²) in [6.07, 6.45) is 2.82. The van der Waals surface area contributed by atoms with Crippen LogP contribution < -0.4 is 0 Å². The molecule has 0 saturated heterocycles. The van der Waals surface area contributed by atoms with E-state index in [4.69, 9.17) is 5.11 Å². The maximum absolute atomic E-state index is 8.34. The molecule has 0 fully saturated rings. The second-order valence-corrected chi connectivity index (χ2v) is 2.39. The molecule has 2 heteroatoms. The van der Waals surface area contributed by atoms with Gasteiger partial charge in [0.15, 0.2) is 0 Å². The van der Waals surface area contributed by atoms with Crippen LogP contribution in [0.5, 0.6) is 0 Å². The van der Waals surface area contributed by atoms with E-state index in [9.17, 15) is 0 Å². The zero-order valence-electron chi connectivity index (χ0n) is 5.76. The highest BCUT2D eigenvalue weighted by Crippen LogP contribution is 1.94. The minimum absolute atomic E-state index is 0.733. The van der Waals surface area contributed by atoms with E-state index >= 15 is 0 Å². The standard InChI is InChI=1S/C6H13NO/c1-4-7(2,3)5-6-8/h5-6H,4H2,1-3H3/p+1. The Balaban J connectivity index is 3.71. The molecule has 0 saturated carbocycles. The third-order valence-electron chi connectivity index (χ3n) is 1.29. The predicted octanol–water partition coefficient (Wildman–Crippen LogP) is 1.11. The molecule has 8 heavy (non-hydrogen) atoms. The minimum Gasteiger partial charge on any atom is -0.510 e. The van der Waals surface area contributed by atoms with E-state index in [1.807, 2.05) is 14.1 Å². The molecule has 0 unspecified atom stereocenters. The summed E-state index contributed by atoms with van der Waals surface area (Å²) in [6.45, 7) is 3.07. The lowest BCUT2D eigenvalue weighted by Crippen LogP contribution is -2.32. The first kappa shape index (κ1) is 7.50. The topological polar surface area (TPSA) is 20.2 Å². The zero-order chi connectivity index (χ0) is 6.62. The molecule has 0 aliphatic rings. The molecule has 1 N–H and O–H groups in total. The highest BCUT2D eigenvalue weighted by Gasteiger charge is 2.04. The third kappa shape index (κ3) is 2.64. The van der Waals surface area contributed by atoms with E-state index in [2.05, 4.69) is 6.92 Å². The van der Waals surface area contributed by atoms with E-state index in [1.165, 1.54) is 0 Å². The Bertz CT molecular complexity index is 86.5. The van der Waals surface area contributed by atoms with Crippen LogP contribution in [0.2, 0.25) is 0 Å². The molecule has 0 aliphatic heterocycles. The molecule has 0 heterocycles. The molecule has 0 bridgehead atoms. The molecule has 0 amide bonds. The lowest BCUT2D eigenvalue weighted by molar-refractivity contribution is -0.837. The number of aliphatic hydroxyl groups excluding tert-OH is 1. The van der Waals surface area contributed by atoms with Gasteiger partial charge >= 0.3 is 0 Å². The number of quaternary nitrogens is 1. The zero-order valence-corrected chi connectivity index (χ0v) is 5.76. The summed E-state index contributed by atoms with van der Waals surface area (Å²) in [7, 11) is 4.04. The van der Waals surface area contributed by atoms with Crippen molar-refractivity contribution in [1.82, 2.24) is 0 Å². The van der Waals surface area contributed by atoms with Crippen molar-refractivity contribution in [3.05, 3.63) is 12.5 Å². The Morgan fingerprint density at radius 3 is 2.12 bits per heavy atom. The van der Waals surface area contributed by atoms with Gasteiger partial charge < -0.3 is 5.11 Å². The van der Waals surface area contributed by atoms with Crippen molar-refractivity contribution in [2.45, 2.75) is 6.92 Å². The summed E-state index contributed by atoms with van der Waals surface area (Å²) in [5.41, 5.74) is 0. The summed E-state index contributed by atoms with van der Waals surface area (Å²) in [5.74, 6) is 0. The van der Waals surface area contributed by atoms with E-state index in [0.717, 1.165) is 17.3 Å². The molecular weight excluding hydrogens is 102 g/mol. The average molecular weight is 116 g/mol. The normalized spacial score (nSPS) is 12.9. The molecule has 0 atom stereocenters. The lowest BCUT2D eigenvalue weighted by atomic mass is 10.5. The van der Waals surface area contributed by atoms with E-state index < -0.39 is 0 Å². The van der Waals surface area contributed by atoms with Crippen LogP contribution in [-0.2, 0) is 0 Å². The van der Waals surface area contributed by atoms with Gasteiger partial charge in [-0.3, -0.25) is 4.48 Å². The molecular formula is C6H14NO+. The number of aliphatic hydroxyl groups is 1. The quantitative estimate of drug-likeness (QED) is 0.423. The van der Waals surface area contributed by atoms with Gasteiger partial charge in [0.25, 0.3) is 0 Å². The number of nitrogens with zero attached hydrogens (tertiary/aromatic N) is 1. The van der Waals surface area contributed by atoms with E-state index in [1.54, 1.807) is 6.20 Å². The van der Waals surface area contributed by atoms with Crippen LogP contribution in [0.3, 0.4) is 0 Å². The molecule has 0 aromatic carbocycles. The van der Waals surface area contributed by atoms with Gasteiger partial charge in [-0.05, 0) is 6.92 Å². The molecule has 0 rings (SSSR count). The molecule has 0 aliphatic carbocycles. The first-order chi connectivity index (χ1) is 3.62. The van der Waals surface area contributed by atoms with Gasteiger partial charge in [0.1, 0.15) is 12.5 Å². The average Bonchev–Trinajstić information content (AvgIpc) is 1.67. The van der Waals surface area contributed by atoms with Crippen molar-refractivity contribution in [3.63, 3.8) is 0 Å². The van der Waals surface area contributed by atoms with Crippen molar-refractivity contribution in [2.24, 2.45) is 0 Å². The molecule has 0 aromatic rings. The Labute approximate surface area is 50.6 Å². The predicted molar refractivity (Wildman–Crippen MR) is 34.4 cm³/mol. The Morgan fingerprint density at radius 2 is 2.00 bits per heavy atom. The van der Waals surface area contributed by atoms with Crippen LogP contribution in [0.25, 0.3) is 0 Å². The van der Waals surface area contributed by atoms with Crippen LogP contribution in [-0.4, -0.2) is 30.2 Å². The Morgan fingerprint density at radius 1 is 1.50 bits per heavy atom. The monoisotopic (exact) mass is 116 g/mol. The summed E-state index contributed by atoms with van der Waals surface area (Å²) >= 11 is 0. The van der Waals surface area contributed by atoms with Gasteiger partial charge in [-0.15, -0.1) is 0 Å². The first-order valence-electron chi connectivity index (χ1n) is 2.77. The highest BCUT2D eigenvalue weighted by atomic mass is 16.2. The van der Waals surface area contributed by atoms with Gasteiger partial charge in [0.05, 0.1) is 20.6 Å². The lowest BCUT2D eigenvalue weighted by Gasteiger charge is -2.21. The summed E-state index contributed by atoms with van der Waals surface area (Å²) in [4.78, 5) is 0. The van der Waals surface area contributed by atoms with Gasteiger partial charge in [-0.1, -0.05) is 0 Å². The van der Waals surface area contributed by atoms with Gasteiger partial charge in [0, 0.05) is 0 Å². The SMILES string of the molecule is CC[N+](C)(C)C=CO. The van der Waals surface area contributed by atoms with Crippen LogP contribution in [0, 0.1) is 0 Å². The smallest absolute Gasteiger partial charge is 0.132 e. The Hall–Kier alpha value is -0.500. The van der Waals surface area contributed by atoms with Gasteiger partial charge in [-0.2, -0.15) is 0 Å². The van der Waals surface area contributed by atoms with Crippen LogP contribution in [0.1, 0.15) is 6.92 Å². The number of hydrogen-bond acceptors (Lipinski definition) is 1. The highest BCUT2D eigenvalue weighted by molar-refractivity contribution is 4.56. The minimum atomic E-state index is 0.733. The van der Waals surface area contributed by atoms with Crippen LogP contribution in [0.15, 0.2) is 12.5 Å². The largest absolute Gasteiger partial charge is 0.510 e. The second-order valence-electron chi connectivity index (χ2n) is 2.39. The molecule has 2 nitrogen and oxygen atoms in total. The van der Waals surface area contributed by atoms with Crippen molar-refractivity contribution in [3.8, 4) is 0 Å². The van der Waals surface area contributed by atoms with Crippen molar-refractivity contribution in [2.75, 3.05) is 20.6 Å². The fourth-order valence-corrected chi connectivity index (χ4v) is 0.286. The molecule has 0 spiro atoms. The maximum atomic E-state index is 8.34. The summed E-state index contributed by atoms with van der Waals surface area (Å²) in [6, 6.07) is 0. The number of rotatable bonds is 2. The first-order valence-corrected chi connectivity index (χ1v) is 2.77. The van der Waals surface area contributed by atoms with Crippen molar-refractivity contribution >= 4 is 0 Å². The maximum Gasteiger partial charge on any atom is 0.132 e. The summed E-state index contributed by atoms with van der Waals surface area (Å²) in [5, 5.41) is 8.34. The number of hydrogen-bond donors (Lipinski definition) is 1. The van der Waals surface area contributed by atoms with E-state index in [-0.39, 0.29) is 0 Å². The third-order valence-corrected chi connectivity index (χ3v) is 1.29. The molecule has 0 radical (unpaired) electrons. The fraction of sp³-hybridized carbons (Fsp3) is 0.667. The molecule has 0 aromatic heterocycles.